The second kappa shape index (κ2) is 5.12. The summed E-state index contributed by atoms with van der Waals surface area (Å²) in [5, 5.41) is 10.5. The molecule has 0 amide bonds. The minimum atomic E-state index is -1.19. The third-order valence-corrected chi connectivity index (χ3v) is 3.31. The third kappa shape index (κ3) is 2.15. The average Bonchev–Trinajstić information content (AvgIpc) is 2.38. The molecular weight excluding hydrogens is 239 g/mol. The van der Waals surface area contributed by atoms with E-state index < -0.39 is 11.4 Å². The molecule has 5 heteroatoms. The Morgan fingerprint density at radius 2 is 1.89 bits per heavy atom. The Morgan fingerprint density at radius 1 is 1.22 bits per heavy atom. The second-order valence-electron chi connectivity index (χ2n) is 4.31. The lowest BCUT2D eigenvalue weighted by atomic mass is 9.86. The van der Waals surface area contributed by atoms with E-state index in [2.05, 4.69) is 0 Å². The number of ether oxygens (including phenoxy) is 3. The van der Waals surface area contributed by atoms with Crippen LogP contribution < -0.4 is 9.47 Å². The first kappa shape index (κ1) is 13.1. The molecule has 0 spiro atoms. The monoisotopic (exact) mass is 256 g/mol. The maximum atomic E-state index is 14.3. The number of hydrogen-bond donors (Lipinski definition) is 1. The minimum Gasteiger partial charge on any atom is -0.493 e. The number of halogens is 1. The molecule has 0 atom stereocenters. The Balaban J connectivity index is 2.45. The lowest BCUT2D eigenvalue weighted by molar-refractivity contribution is -0.0699. The van der Waals surface area contributed by atoms with Gasteiger partial charge in [0.1, 0.15) is 0 Å². The largest absolute Gasteiger partial charge is 0.493 e. The molecule has 1 saturated heterocycles. The second-order valence-corrected chi connectivity index (χ2v) is 4.31. The molecule has 1 heterocycles. The van der Waals surface area contributed by atoms with Crippen LogP contribution >= 0.6 is 0 Å². The van der Waals surface area contributed by atoms with Crippen molar-refractivity contribution in [2.24, 2.45) is 0 Å². The van der Waals surface area contributed by atoms with Crippen LogP contribution in [0.1, 0.15) is 18.4 Å². The van der Waals surface area contributed by atoms with E-state index in [1.54, 1.807) is 12.1 Å². The van der Waals surface area contributed by atoms with Gasteiger partial charge in [0, 0.05) is 31.6 Å². The summed E-state index contributed by atoms with van der Waals surface area (Å²) in [4.78, 5) is 0. The van der Waals surface area contributed by atoms with Gasteiger partial charge in [0.05, 0.1) is 19.8 Å². The van der Waals surface area contributed by atoms with E-state index in [-0.39, 0.29) is 11.3 Å². The van der Waals surface area contributed by atoms with Crippen molar-refractivity contribution in [2.45, 2.75) is 18.4 Å². The number of hydrogen-bond acceptors (Lipinski definition) is 4. The molecular formula is C13H17FO4. The van der Waals surface area contributed by atoms with Crippen LogP contribution in [0.5, 0.6) is 11.5 Å². The summed E-state index contributed by atoms with van der Waals surface area (Å²) in [5.41, 5.74) is -0.953. The first-order valence-electron chi connectivity index (χ1n) is 5.83. The zero-order chi connectivity index (χ0) is 13.2. The number of aliphatic hydroxyl groups is 1. The van der Waals surface area contributed by atoms with Gasteiger partial charge in [-0.15, -0.1) is 0 Å². The molecule has 1 aliphatic heterocycles. The maximum Gasteiger partial charge on any atom is 0.197 e. The molecule has 2 rings (SSSR count). The molecule has 0 radical (unpaired) electrons. The van der Waals surface area contributed by atoms with Crippen LogP contribution in [0, 0.1) is 5.82 Å². The predicted octanol–water partition coefficient (Wildman–Crippen LogP) is 1.84. The quantitative estimate of drug-likeness (QED) is 0.896. The Morgan fingerprint density at radius 3 is 2.44 bits per heavy atom. The highest BCUT2D eigenvalue weighted by atomic mass is 19.1. The maximum absolute atomic E-state index is 14.3. The van der Waals surface area contributed by atoms with Crippen molar-refractivity contribution in [2.75, 3.05) is 27.4 Å². The number of benzene rings is 1. The molecule has 1 aromatic carbocycles. The van der Waals surface area contributed by atoms with Crippen LogP contribution in [-0.4, -0.2) is 32.5 Å². The van der Waals surface area contributed by atoms with Crippen LogP contribution in [0.2, 0.25) is 0 Å². The summed E-state index contributed by atoms with van der Waals surface area (Å²) in [5.74, 6) is -0.231. The van der Waals surface area contributed by atoms with Crippen molar-refractivity contribution in [1.82, 2.24) is 0 Å². The highest BCUT2D eigenvalue weighted by Gasteiger charge is 2.36. The van der Waals surface area contributed by atoms with Crippen LogP contribution in [0.4, 0.5) is 4.39 Å². The molecule has 1 N–H and O–H groups in total. The zero-order valence-corrected chi connectivity index (χ0v) is 10.5. The van der Waals surface area contributed by atoms with Gasteiger partial charge in [0.2, 0.25) is 0 Å². The van der Waals surface area contributed by atoms with Crippen molar-refractivity contribution in [3.63, 3.8) is 0 Å². The normalized spacial score (nSPS) is 18.4. The summed E-state index contributed by atoms with van der Waals surface area (Å²) in [6.45, 7) is 0.842. The minimum absolute atomic E-state index is 0.0231. The number of methoxy groups -OCH3 is 2. The van der Waals surface area contributed by atoms with Gasteiger partial charge in [0.15, 0.2) is 17.3 Å². The van der Waals surface area contributed by atoms with Crippen molar-refractivity contribution in [1.29, 1.82) is 0 Å². The van der Waals surface area contributed by atoms with Crippen LogP contribution in [-0.2, 0) is 10.3 Å². The summed E-state index contributed by atoms with van der Waals surface area (Å²) >= 11 is 0. The molecule has 0 bridgehead atoms. The third-order valence-electron chi connectivity index (χ3n) is 3.31. The molecule has 1 aromatic rings. The standard InChI is InChI=1S/C13H17FO4/c1-16-10-4-3-9(11(14)12(10)17-2)13(15)5-7-18-8-6-13/h3-4,15H,5-8H2,1-2H3. The van der Waals surface area contributed by atoms with E-state index in [1.165, 1.54) is 14.2 Å². The molecule has 0 aromatic heterocycles. The van der Waals surface area contributed by atoms with Crippen LogP contribution in [0.15, 0.2) is 12.1 Å². The van der Waals surface area contributed by atoms with Crippen molar-refractivity contribution >= 4 is 0 Å². The van der Waals surface area contributed by atoms with Crippen molar-refractivity contribution in [3.05, 3.63) is 23.5 Å². The van der Waals surface area contributed by atoms with E-state index in [1.807, 2.05) is 0 Å². The fourth-order valence-electron chi connectivity index (χ4n) is 2.23. The summed E-state index contributed by atoms with van der Waals surface area (Å²) in [6, 6.07) is 3.15. The molecule has 18 heavy (non-hydrogen) atoms. The van der Waals surface area contributed by atoms with Gasteiger partial charge in [-0.05, 0) is 12.1 Å². The Kier molecular flexibility index (Phi) is 3.73. The van der Waals surface area contributed by atoms with Gasteiger partial charge >= 0.3 is 0 Å². The van der Waals surface area contributed by atoms with E-state index in [0.29, 0.717) is 31.8 Å². The first-order chi connectivity index (χ1) is 8.62. The van der Waals surface area contributed by atoms with Gasteiger partial charge < -0.3 is 19.3 Å². The van der Waals surface area contributed by atoms with Crippen molar-refractivity contribution < 1.29 is 23.7 Å². The Bertz CT molecular complexity index is 427. The lowest BCUT2D eigenvalue weighted by Crippen LogP contribution is -2.34. The highest BCUT2D eigenvalue weighted by molar-refractivity contribution is 5.46. The smallest absolute Gasteiger partial charge is 0.197 e. The van der Waals surface area contributed by atoms with Gasteiger partial charge in [-0.3, -0.25) is 0 Å². The van der Waals surface area contributed by atoms with Crippen LogP contribution in [0.25, 0.3) is 0 Å². The van der Waals surface area contributed by atoms with Crippen molar-refractivity contribution in [3.8, 4) is 11.5 Å². The van der Waals surface area contributed by atoms with Gasteiger partial charge in [0.25, 0.3) is 0 Å². The van der Waals surface area contributed by atoms with Gasteiger partial charge in [-0.2, -0.15) is 0 Å². The van der Waals surface area contributed by atoms with E-state index >= 15 is 0 Å². The first-order valence-corrected chi connectivity index (χ1v) is 5.83. The molecule has 0 aliphatic carbocycles. The van der Waals surface area contributed by atoms with Gasteiger partial charge in [-0.1, -0.05) is 0 Å². The topological polar surface area (TPSA) is 47.9 Å². The molecule has 0 saturated carbocycles. The molecule has 0 unspecified atom stereocenters. The summed E-state index contributed by atoms with van der Waals surface area (Å²) in [6.07, 6.45) is 0.749. The molecule has 100 valence electrons. The average molecular weight is 256 g/mol. The lowest BCUT2D eigenvalue weighted by Gasteiger charge is -2.33. The predicted molar refractivity (Wildman–Crippen MR) is 63.5 cm³/mol. The SMILES string of the molecule is COc1ccc(C2(O)CCOCC2)c(F)c1OC. The van der Waals surface area contributed by atoms with E-state index in [9.17, 15) is 9.50 Å². The molecule has 4 nitrogen and oxygen atoms in total. The highest BCUT2D eigenvalue weighted by Crippen LogP contribution is 2.40. The fourth-order valence-corrected chi connectivity index (χ4v) is 2.23. The van der Waals surface area contributed by atoms with Gasteiger partial charge in [-0.25, -0.2) is 4.39 Å². The van der Waals surface area contributed by atoms with Crippen LogP contribution in [0.3, 0.4) is 0 Å². The molecule has 1 fully saturated rings. The summed E-state index contributed by atoms with van der Waals surface area (Å²) < 4.78 is 29.6. The zero-order valence-electron chi connectivity index (χ0n) is 10.5. The van der Waals surface area contributed by atoms with E-state index in [4.69, 9.17) is 14.2 Å². The Labute approximate surface area is 105 Å². The molecule has 1 aliphatic rings. The number of rotatable bonds is 3. The summed E-state index contributed by atoms with van der Waals surface area (Å²) in [7, 11) is 2.82. The van der Waals surface area contributed by atoms with E-state index in [0.717, 1.165) is 0 Å². The Hall–Kier alpha value is -1.33. The fraction of sp³-hybridized carbons (Fsp3) is 0.538.